The summed E-state index contributed by atoms with van der Waals surface area (Å²) in [6.07, 6.45) is 1.78. The summed E-state index contributed by atoms with van der Waals surface area (Å²) >= 11 is 0. The Hall–Kier alpha value is -2.39. The van der Waals surface area contributed by atoms with Crippen LogP contribution in [-0.4, -0.2) is 63.0 Å². The van der Waals surface area contributed by atoms with Gasteiger partial charge in [0.25, 0.3) is 5.91 Å². The molecule has 132 valence electrons. The summed E-state index contributed by atoms with van der Waals surface area (Å²) in [6.45, 7) is 5.70. The molecular weight excluding hydrogens is 318 g/mol. The van der Waals surface area contributed by atoms with E-state index in [1.54, 1.807) is 5.01 Å². The number of hydrogen-bond acceptors (Lipinski definition) is 6. The number of hydrazine groups is 1. The van der Waals surface area contributed by atoms with Gasteiger partial charge in [0.05, 0.1) is 13.3 Å². The summed E-state index contributed by atoms with van der Waals surface area (Å²) in [7, 11) is 0. The van der Waals surface area contributed by atoms with Gasteiger partial charge in [-0.2, -0.15) is 5.01 Å². The highest BCUT2D eigenvalue weighted by Crippen LogP contribution is 2.23. The number of carboxylic acids is 1. The number of carbonyl (C=O) groups is 2. The standard InChI is InChI=1S/C15H21N3O6/c1-3-5-18-14(21)11-13(20)12(19)10(15(22)23)8-16(11)9-17(18)6-7-24-4-2/h8,20H,3-7,9H2,1-2H3,(H,22,23). The lowest BCUT2D eigenvalue weighted by Gasteiger charge is -2.40. The Balaban J connectivity index is 2.46. The highest BCUT2D eigenvalue weighted by Gasteiger charge is 2.34. The lowest BCUT2D eigenvalue weighted by atomic mass is 10.2. The molecule has 0 aliphatic carbocycles. The molecule has 0 bridgehead atoms. The summed E-state index contributed by atoms with van der Waals surface area (Å²) < 4.78 is 6.60. The summed E-state index contributed by atoms with van der Waals surface area (Å²) in [5.41, 5.74) is -1.81. The molecule has 0 fully saturated rings. The number of nitrogens with zero attached hydrogens (tertiary/aromatic N) is 3. The summed E-state index contributed by atoms with van der Waals surface area (Å²) in [5, 5.41) is 22.3. The van der Waals surface area contributed by atoms with E-state index in [9.17, 15) is 19.5 Å². The minimum atomic E-state index is -1.45. The van der Waals surface area contributed by atoms with Crippen molar-refractivity contribution < 1.29 is 24.5 Å². The highest BCUT2D eigenvalue weighted by atomic mass is 16.5. The number of hydrogen-bond donors (Lipinski definition) is 2. The van der Waals surface area contributed by atoms with Crippen LogP contribution in [0.4, 0.5) is 0 Å². The van der Waals surface area contributed by atoms with E-state index in [2.05, 4.69) is 0 Å². The number of carbonyl (C=O) groups excluding carboxylic acids is 1. The Bertz CT molecular complexity index is 699. The molecule has 2 rings (SSSR count). The second-order valence-electron chi connectivity index (χ2n) is 5.34. The van der Waals surface area contributed by atoms with E-state index in [1.807, 2.05) is 13.8 Å². The summed E-state index contributed by atoms with van der Waals surface area (Å²) in [5.74, 6) is -2.81. The van der Waals surface area contributed by atoms with Gasteiger partial charge >= 0.3 is 5.97 Å². The van der Waals surface area contributed by atoms with Crippen LogP contribution in [0.1, 0.15) is 41.1 Å². The first-order chi connectivity index (χ1) is 11.4. The van der Waals surface area contributed by atoms with Crippen LogP contribution in [0.15, 0.2) is 11.0 Å². The third kappa shape index (κ3) is 3.26. The van der Waals surface area contributed by atoms with Crippen molar-refractivity contribution >= 4 is 11.9 Å². The zero-order valence-electron chi connectivity index (χ0n) is 13.7. The minimum absolute atomic E-state index is 0.141. The number of aromatic hydroxyl groups is 1. The predicted molar refractivity (Wildman–Crippen MR) is 83.9 cm³/mol. The Labute approximate surface area is 138 Å². The molecule has 0 radical (unpaired) electrons. The maximum absolute atomic E-state index is 12.7. The molecule has 1 aliphatic rings. The number of rotatable bonds is 7. The van der Waals surface area contributed by atoms with Crippen molar-refractivity contribution in [3.8, 4) is 5.75 Å². The molecule has 9 nitrogen and oxygen atoms in total. The van der Waals surface area contributed by atoms with Crippen LogP contribution in [0, 0.1) is 0 Å². The fourth-order valence-corrected chi connectivity index (χ4v) is 2.60. The predicted octanol–water partition coefficient (Wildman–Crippen LogP) is 0.329. The van der Waals surface area contributed by atoms with E-state index >= 15 is 0 Å². The molecular formula is C15H21N3O6. The van der Waals surface area contributed by atoms with Crippen molar-refractivity contribution in [2.45, 2.75) is 26.9 Å². The van der Waals surface area contributed by atoms with Gasteiger partial charge in [-0.3, -0.25) is 14.6 Å². The van der Waals surface area contributed by atoms with Gasteiger partial charge in [0, 0.05) is 25.9 Å². The van der Waals surface area contributed by atoms with Crippen molar-refractivity contribution in [1.82, 2.24) is 14.6 Å². The monoisotopic (exact) mass is 339 g/mol. The molecule has 2 N–H and O–H groups in total. The van der Waals surface area contributed by atoms with E-state index < -0.39 is 28.6 Å². The molecule has 1 aromatic heterocycles. The molecule has 1 amide bonds. The molecule has 0 saturated heterocycles. The zero-order valence-corrected chi connectivity index (χ0v) is 13.7. The van der Waals surface area contributed by atoms with Crippen molar-refractivity contribution in [3.05, 3.63) is 27.7 Å². The molecule has 0 unspecified atom stereocenters. The van der Waals surface area contributed by atoms with Crippen LogP contribution < -0.4 is 5.43 Å². The van der Waals surface area contributed by atoms with Gasteiger partial charge in [-0.05, 0) is 13.3 Å². The zero-order chi connectivity index (χ0) is 17.9. The van der Waals surface area contributed by atoms with Crippen molar-refractivity contribution in [2.24, 2.45) is 0 Å². The van der Waals surface area contributed by atoms with Gasteiger partial charge < -0.3 is 19.5 Å². The lowest BCUT2D eigenvalue weighted by molar-refractivity contribution is -0.0572. The molecule has 0 aromatic carbocycles. The number of carboxylic acid groups (broad SMARTS) is 1. The van der Waals surface area contributed by atoms with Crippen molar-refractivity contribution in [3.63, 3.8) is 0 Å². The quantitative estimate of drug-likeness (QED) is 0.688. The Morgan fingerprint density at radius 3 is 2.58 bits per heavy atom. The lowest BCUT2D eigenvalue weighted by Crippen LogP contribution is -2.54. The number of fused-ring (bicyclic) bond motifs is 1. The van der Waals surface area contributed by atoms with Gasteiger partial charge in [0.1, 0.15) is 5.56 Å². The first-order valence-corrected chi connectivity index (χ1v) is 7.76. The molecule has 24 heavy (non-hydrogen) atoms. The topological polar surface area (TPSA) is 112 Å². The fraction of sp³-hybridized carbons (Fsp3) is 0.533. The van der Waals surface area contributed by atoms with Gasteiger partial charge in [-0.1, -0.05) is 6.92 Å². The Morgan fingerprint density at radius 2 is 2.00 bits per heavy atom. The number of ether oxygens (including phenoxy) is 1. The number of pyridine rings is 1. The maximum Gasteiger partial charge on any atom is 0.341 e. The van der Waals surface area contributed by atoms with Gasteiger partial charge in [0.15, 0.2) is 11.4 Å². The normalized spacial score (nSPS) is 14.8. The van der Waals surface area contributed by atoms with E-state index in [1.165, 1.54) is 9.58 Å². The first kappa shape index (κ1) is 18.0. The third-order valence-corrected chi connectivity index (χ3v) is 3.71. The summed E-state index contributed by atoms with van der Waals surface area (Å²) in [6, 6.07) is 0. The van der Waals surface area contributed by atoms with Crippen LogP contribution >= 0.6 is 0 Å². The second kappa shape index (κ2) is 7.45. The Kier molecular flexibility index (Phi) is 5.58. The summed E-state index contributed by atoms with van der Waals surface area (Å²) in [4.78, 5) is 35.8. The van der Waals surface area contributed by atoms with Crippen LogP contribution in [0.25, 0.3) is 0 Å². The van der Waals surface area contributed by atoms with Gasteiger partial charge in [-0.25, -0.2) is 4.79 Å². The van der Waals surface area contributed by atoms with Crippen LogP contribution in [0.5, 0.6) is 5.75 Å². The van der Waals surface area contributed by atoms with Crippen molar-refractivity contribution in [1.29, 1.82) is 0 Å². The van der Waals surface area contributed by atoms with E-state index in [0.717, 1.165) is 6.20 Å². The van der Waals surface area contributed by atoms with Crippen LogP contribution in [0.2, 0.25) is 0 Å². The third-order valence-electron chi connectivity index (χ3n) is 3.71. The van der Waals surface area contributed by atoms with E-state index in [0.29, 0.717) is 32.7 Å². The molecule has 1 aliphatic heterocycles. The van der Waals surface area contributed by atoms with Crippen LogP contribution in [-0.2, 0) is 11.4 Å². The number of amides is 1. The molecule has 1 aromatic rings. The molecule has 0 saturated carbocycles. The minimum Gasteiger partial charge on any atom is -0.503 e. The molecule has 0 atom stereocenters. The first-order valence-electron chi connectivity index (χ1n) is 7.76. The highest BCUT2D eigenvalue weighted by molar-refractivity contribution is 5.97. The smallest absolute Gasteiger partial charge is 0.341 e. The van der Waals surface area contributed by atoms with Gasteiger partial charge in [0.2, 0.25) is 5.43 Å². The average Bonchev–Trinajstić information content (AvgIpc) is 2.53. The fourth-order valence-electron chi connectivity index (χ4n) is 2.60. The molecule has 9 heteroatoms. The SMILES string of the molecule is CCCN1C(=O)c2c(O)c(=O)c(C(=O)O)cn2CN1CCOCC. The average molecular weight is 339 g/mol. The number of aromatic carboxylic acids is 1. The molecule has 2 heterocycles. The van der Waals surface area contributed by atoms with Gasteiger partial charge in [-0.15, -0.1) is 0 Å². The second-order valence-corrected chi connectivity index (χ2v) is 5.34. The maximum atomic E-state index is 12.7. The Morgan fingerprint density at radius 1 is 1.29 bits per heavy atom. The van der Waals surface area contributed by atoms with Crippen molar-refractivity contribution in [2.75, 3.05) is 26.3 Å². The number of aromatic nitrogens is 1. The van der Waals surface area contributed by atoms with E-state index in [4.69, 9.17) is 9.84 Å². The van der Waals surface area contributed by atoms with Crippen LogP contribution in [0.3, 0.4) is 0 Å². The molecule has 0 spiro atoms. The van der Waals surface area contributed by atoms with E-state index in [-0.39, 0.29) is 12.4 Å². The largest absolute Gasteiger partial charge is 0.503 e.